The van der Waals surface area contributed by atoms with Gasteiger partial charge in [-0.2, -0.15) is 0 Å². The molecule has 0 fully saturated rings. The van der Waals surface area contributed by atoms with Gasteiger partial charge in [-0.15, -0.1) is 6.58 Å². The van der Waals surface area contributed by atoms with Crippen LogP contribution in [0.25, 0.3) is 6.08 Å². The van der Waals surface area contributed by atoms with Crippen molar-refractivity contribution < 1.29 is 14.3 Å². The van der Waals surface area contributed by atoms with Crippen molar-refractivity contribution in [1.29, 1.82) is 5.41 Å². The molecule has 0 aliphatic carbocycles. The fourth-order valence-electron chi connectivity index (χ4n) is 3.18. The molecule has 0 bridgehead atoms. The van der Waals surface area contributed by atoms with Crippen LogP contribution < -0.4 is 15.8 Å². The van der Waals surface area contributed by atoms with Crippen molar-refractivity contribution in [2.24, 2.45) is 0 Å². The molecule has 0 saturated carbocycles. The van der Waals surface area contributed by atoms with E-state index in [1.54, 1.807) is 50.6 Å². The molecule has 9 heteroatoms. The molecule has 2 aromatic heterocycles. The number of methoxy groups -OCH3 is 2. The quantitative estimate of drug-likeness (QED) is 0.293. The Labute approximate surface area is 191 Å². The van der Waals surface area contributed by atoms with E-state index in [0.29, 0.717) is 34.0 Å². The van der Waals surface area contributed by atoms with Crippen molar-refractivity contribution in [2.45, 2.75) is 13.0 Å². The predicted molar refractivity (Wildman–Crippen MR) is 129 cm³/mol. The summed E-state index contributed by atoms with van der Waals surface area (Å²) in [5, 5.41) is 11.4. The van der Waals surface area contributed by atoms with Gasteiger partial charge in [-0.25, -0.2) is 9.97 Å². The van der Waals surface area contributed by atoms with E-state index in [2.05, 4.69) is 26.8 Å². The average molecular weight is 447 g/mol. The van der Waals surface area contributed by atoms with Gasteiger partial charge in [0.15, 0.2) is 0 Å². The van der Waals surface area contributed by atoms with Crippen LogP contribution in [0.1, 0.15) is 32.9 Å². The number of nitrogens with zero attached hydrogens (tertiary/aromatic N) is 2. The van der Waals surface area contributed by atoms with Gasteiger partial charge in [0, 0.05) is 18.9 Å². The summed E-state index contributed by atoms with van der Waals surface area (Å²) >= 11 is 0. The lowest BCUT2D eigenvalue weighted by molar-refractivity contribution is 0.102. The Morgan fingerprint density at radius 2 is 2.09 bits per heavy atom. The maximum atomic E-state index is 12.7. The third kappa shape index (κ3) is 5.34. The molecule has 9 nitrogen and oxygen atoms in total. The molecule has 3 rings (SSSR count). The lowest BCUT2D eigenvalue weighted by Crippen LogP contribution is -2.14. The highest BCUT2D eigenvalue weighted by molar-refractivity contribution is 6.14. The minimum atomic E-state index is -0.334. The topological polar surface area (TPSA) is 139 Å². The number of nitrogens with two attached hydrogens (primary N) is 1. The number of ether oxygens (including phenoxy) is 2. The van der Waals surface area contributed by atoms with Crippen LogP contribution in [-0.4, -0.2) is 46.9 Å². The van der Waals surface area contributed by atoms with Gasteiger partial charge in [0.1, 0.15) is 23.6 Å². The number of benzene rings is 1. The molecule has 1 atom stereocenters. The molecule has 1 aromatic carbocycles. The van der Waals surface area contributed by atoms with Crippen LogP contribution >= 0.6 is 0 Å². The summed E-state index contributed by atoms with van der Waals surface area (Å²) in [7, 11) is 3.09. The normalized spacial score (nSPS) is 11.8. The first-order valence-corrected chi connectivity index (χ1v) is 10.1. The Hall–Kier alpha value is -4.24. The summed E-state index contributed by atoms with van der Waals surface area (Å²) in [6, 6.07) is 6.76. The molecule has 3 aromatic rings. The second-order valence-corrected chi connectivity index (χ2v) is 7.11. The Bertz CT molecular complexity index is 1190. The summed E-state index contributed by atoms with van der Waals surface area (Å²) in [6.45, 7) is 5.46. The standard InChI is InChI=1S/C24H26N6O3/c1-5-17(32-3)8-6-15-10-19(27-12-15)24(31)30-18-9-7-16(11-20(18)33-4)22(25)21-14(2)28-13-29-23(21)26/h5-13,17,25,27H,1H2,2-4H3,(H,30,31)(H2,26,28,29). The van der Waals surface area contributed by atoms with Crippen LogP contribution in [-0.2, 0) is 4.74 Å². The second-order valence-electron chi connectivity index (χ2n) is 7.11. The molecule has 170 valence electrons. The Balaban J connectivity index is 1.79. The summed E-state index contributed by atoms with van der Waals surface area (Å²) in [4.78, 5) is 23.8. The van der Waals surface area contributed by atoms with E-state index in [0.717, 1.165) is 5.56 Å². The number of carbonyl (C=O) groups excluding carboxylic acids is 1. The highest BCUT2D eigenvalue weighted by atomic mass is 16.5. The number of nitrogen functional groups attached to an aromatic ring is 1. The number of aryl methyl sites for hydroxylation is 1. The van der Waals surface area contributed by atoms with Crippen LogP contribution in [0.5, 0.6) is 5.75 Å². The maximum Gasteiger partial charge on any atom is 0.272 e. The van der Waals surface area contributed by atoms with Gasteiger partial charge in [-0.3, -0.25) is 10.2 Å². The summed E-state index contributed by atoms with van der Waals surface area (Å²) < 4.78 is 10.7. The number of carbonyl (C=O) groups is 1. The molecule has 1 amide bonds. The smallest absolute Gasteiger partial charge is 0.272 e. The van der Waals surface area contributed by atoms with Gasteiger partial charge >= 0.3 is 0 Å². The first-order valence-electron chi connectivity index (χ1n) is 10.1. The molecule has 0 spiro atoms. The zero-order valence-electron chi connectivity index (χ0n) is 18.7. The average Bonchev–Trinajstić information content (AvgIpc) is 3.29. The molecule has 1 unspecified atom stereocenters. The van der Waals surface area contributed by atoms with Gasteiger partial charge < -0.3 is 25.5 Å². The molecule has 5 N–H and O–H groups in total. The second kappa shape index (κ2) is 10.4. The molecular weight excluding hydrogens is 420 g/mol. The number of rotatable bonds is 9. The van der Waals surface area contributed by atoms with Gasteiger partial charge in [-0.05, 0) is 30.7 Å². The molecule has 0 saturated heterocycles. The van der Waals surface area contributed by atoms with E-state index < -0.39 is 0 Å². The number of nitrogens with one attached hydrogen (secondary N) is 3. The molecule has 0 aliphatic rings. The highest BCUT2D eigenvalue weighted by Crippen LogP contribution is 2.28. The van der Waals surface area contributed by atoms with Crippen LogP contribution in [0.4, 0.5) is 11.5 Å². The molecular formula is C24H26N6O3. The van der Waals surface area contributed by atoms with Crippen LogP contribution in [0.15, 0.2) is 55.5 Å². The molecule has 2 heterocycles. The van der Waals surface area contributed by atoms with Crippen LogP contribution in [0.2, 0.25) is 0 Å². The lowest BCUT2D eigenvalue weighted by atomic mass is 10.0. The van der Waals surface area contributed by atoms with Crippen molar-refractivity contribution in [3.8, 4) is 5.75 Å². The lowest BCUT2D eigenvalue weighted by Gasteiger charge is -2.13. The van der Waals surface area contributed by atoms with Gasteiger partial charge in [-0.1, -0.05) is 24.3 Å². The summed E-state index contributed by atoms with van der Waals surface area (Å²) in [5.41, 5.74) is 9.38. The molecule has 33 heavy (non-hydrogen) atoms. The third-order valence-electron chi connectivity index (χ3n) is 4.99. The number of aromatic amines is 1. The van der Waals surface area contributed by atoms with E-state index >= 15 is 0 Å². The van der Waals surface area contributed by atoms with Crippen molar-refractivity contribution in [1.82, 2.24) is 15.0 Å². The monoisotopic (exact) mass is 446 g/mol. The number of anilines is 2. The fourth-order valence-corrected chi connectivity index (χ4v) is 3.18. The SMILES string of the molecule is C=CC(C=Cc1c[nH]c(C(=O)Nc2ccc(C(=N)c3c(C)ncnc3N)cc2OC)c1)OC. The van der Waals surface area contributed by atoms with Crippen molar-refractivity contribution in [3.05, 3.63) is 83.6 Å². The third-order valence-corrected chi connectivity index (χ3v) is 4.99. The highest BCUT2D eigenvalue weighted by Gasteiger charge is 2.17. The first kappa shape index (κ1) is 23.4. The zero-order chi connectivity index (χ0) is 24.0. The van der Waals surface area contributed by atoms with Crippen LogP contribution in [0, 0.1) is 12.3 Å². The van der Waals surface area contributed by atoms with Gasteiger partial charge in [0.05, 0.1) is 35.9 Å². The molecule has 0 radical (unpaired) electrons. The zero-order valence-corrected chi connectivity index (χ0v) is 18.7. The van der Waals surface area contributed by atoms with Crippen molar-refractivity contribution >= 4 is 29.2 Å². The minimum absolute atomic E-state index is 0.163. The number of aromatic nitrogens is 3. The van der Waals surface area contributed by atoms with Crippen molar-refractivity contribution in [3.63, 3.8) is 0 Å². The number of amides is 1. The van der Waals surface area contributed by atoms with Gasteiger partial charge in [0.2, 0.25) is 0 Å². The maximum absolute atomic E-state index is 12.7. The largest absolute Gasteiger partial charge is 0.495 e. The predicted octanol–water partition coefficient (Wildman–Crippen LogP) is 3.59. The number of hydrogen-bond donors (Lipinski definition) is 4. The first-order chi connectivity index (χ1) is 15.9. The number of hydrogen-bond acceptors (Lipinski definition) is 7. The van der Waals surface area contributed by atoms with E-state index in [1.807, 2.05) is 12.2 Å². The van der Waals surface area contributed by atoms with Crippen LogP contribution in [0.3, 0.4) is 0 Å². The molecule has 0 aliphatic heterocycles. The Morgan fingerprint density at radius 3 is 2.76 bits per heavy atom. The fraction of sp³-hybridized carbons (Fsp3) is 0.167. The Kier molecular flexibility index (Phi) is 7.37. The van der Waals surface area contributed by atoms with E-state index in [1.165, 1.54) is 13.4 Å². The van der Waals surface area contributed by atoms with Gasteiger partial charge in [0.25, 0.3) is 5.91 Å². The minimum Gasteiger partial charge on any atom is -0.495 e. The summed E-state index contributed by atoms with van der Waals surface area (Å²) in [5.74, 6) is 0.295. The Morgan fingerprint density at radius 1 is 1.30 bits per heavy atom. The van der Waals surface area contributed by atoms with E-state index in [4.69, 9.17) is 20.6 Å². The summed E-state index contributed by atoms with van der Waals surface area (Å²) in [6.07, 6.45) is 8.22. The van der Waals surface area contributed by atoms with Crippen molar-refractivity contribution in [2.75, 3.05) is 25.3 Å². The number of H-pyrrole nitrogens is 1. The van der Waals surface area contributed by atoms with E-state index in [-0.39, 0.29) is 23.5 Å². The van der Waals surface area contributed by atoms with E-state index in [9.17, 15) is 4.79 Å².